The van der Waals surface area contributed by atoms with Gasteiger partial charge in [-0.3, -0.25) is 9.59 Å². The van der Waals surface area contributed by atoms with Crippen LogP contribution in [0.5, 0.6) is 11.5 Å². The van der Waals surface area contributed by atoms with Crippen LogP contribution in [0.15, 0.2) is 97.1 Å². The fourth-order valence-corrected chi connectivity index (χ4v) is 4.43. The third-order valence-corrected chi connectivity index (χ3v) is 6.41. The van der Waals surface area contributed by atoms with Gasteiger partial charge in [-0.05, 0) is 41.1 Å². The van der Waals surface area contributed by atoms with Crippen molar-refractivity contribution in [2.24, 2.45) is 0 Å². The van der Waals surface area contributed by atoms with Crippen molar-refractivity contribution in [2.75, 3.05) is 20.3 Å². The second-order valence-corrected chi connectivity index (χ2v) is 9.14. The van der Waals surface area contributed by atoms with Crippen LogP contribution < -0.4 is 14.8 Å². The van der Waals surface area contributed by atoms with Crippen molar-refractivity contribution in [3.05, 3.63) is 108 Å². The first-order chi connectivity index (χ1) is 18.6. The second kappa shape index (κ2) is 13.3. The van der Waals surface area contributed by atoms with Gasteiger partial charge in [-0.25, -0.2) is 0 Å². The number of fused-ring (bicyclic) bond motifs is 1. The molecule has 1 atom stereocenters. The zero-order chi connectivity index (χ0) is 26.7. The summed E-state index contributed by atoms with van der Waals surface area (Å²) in [5, 5.41) is 4.96. The van der Waals surface area contributed by atoms with Crippen LogP contribution >= 0.6 is 0 Å². The van der Waals surface area contributed by atoms with Crippen molar-refractivity contribution in [3.8, 4) is 11.5 Å². The zero-order valence-electron chi connectivity index (χ0n) is 21.9. The number of carbonyl (C=O) groups excluding carboxylic acids is 2. The number of nitrogens with one attached hydrogen (secondary N) is 1. The van der Waals surface area contributed by atoms with Gasteiger partial charge in [0.25, 0.3) is 5.91 Å². The molecule has 0 radical (unpaired) electrons. The monoisotopic (exact) mass is 510 g/mol. The maximum atomic E-state index is 13.8. The van der Waals surface area contributed by atoms with Crippen molar-refractivity contribution in [1.29, 1.82) is 0 Å². The normalized spacial score (nSPS) is 11.5. The number of hydrogen-bond donors (Lipinski definition) is 1. The van der Waals surface area contributed by atoms with Gasteiger partial charge in [-0.1, -0.05) is 85.8 Å². The molecule has 0 unspecified atom stereocenters. The van der Waals surface area contributed by atoms with Crippen molar-refractivity contribution < 1.29 is 19.1 Å². The Morgan fingerprint density at radius 1 is 0.868 bits per heavy atom. The summed E-state index contributed by atoms with van der Waals surface area (Å²) in [4.78, 5) is 28.9. The molecule has 4 aromatic rings. The van der Waals surface area contributed by atoms with E-state index < -0.39 is 6.04 Å². The Bertz CT molecular complexity index is 1350. The summed E-state index contributed by atoms with van der Waals surface area (Å²) < 4.78 is 11.5. The smallest absolute Gasteiger partial charge is 0.261 e. The molecule has 0 saturated carbocycles. The topological polar surface area (TPSA) is 67.9 Å². The van der Waals surface area contributed by atoms with Crippen LogP contribution in [0.2, 0.25) is 0 Å². The molecule has 38 heavy (non-hydrogen) atoms. The predicted molar refractivity (Wildman–Crippen MR) is 150 cm³/mol. The third-order valence-electron chi connectivity index (χ3n) is 6.41. The molecule has 1 N–H and O–H groups in total. The number of amides is 2. The molecule has 0 aliphatic heterocycles. The number of methoxy groups -OCH3 is 1. The molecule has 6 heteroatoms. The van der Waals surface area contributed by atoms with Gasteiger partial charge in [0.1, 0.15) is 17.5 Å². The van der Waals surface area contributed by atoms with Crippen molar-refractivity contribution in [3.63, 3.8) is 0 Å². The average molecular weight is 511 g/mol. The highest BCUT2D eigenvalue weighted by molar-refractivity contribution is 5.90. The Labute approximate surface area is 224 Å². The summed E-state index contributed by atoms with van der Waals surface area (Å²) in [7, 11) is 1.61. The quantitative estimate of drug-likeness (QED) is 0.277. The molecule has 4 rings (SSSR count). The summed E-state index contributed by atoms with van der Waals surface area (Å²) in [6.45, 7) is 2.60. The van der Waals surface area contributed by atoms with Crippen LogP contribution in [-0.2, 0) is 22.6 Å². The molecule has 6 nitrogen and oxygen atoms in total. The van der Waals surface area contributed by atoms with E-state index in [0.717, 1.165) is 28.3 Å². The lowest BCUT2D eigenvalue weighted by Crippen LogP contribution is -2.51. The first-order valence-corrected chi connectivity index (χ1v) is 12.9. The number of nitrogens with zero attached hydrogens (tertiary/aromatic N) is 1. The molecular formula is C32H34N2O4. The molecule has 4 aromatic carbocycles. The second-order valence-electron chi connectivity index (χ2n) is 9.14. The van der Waals surface area contributed by atoms with Crippen molar-refractivity contribution in [1.82, 2.24) is 10.2 Å². The fraction of sp³-hybridized carbons (Fsp3) is 0.250. The van der Waals surface area contributed by atoms with Gasteiger partial charge >= 0.3 is 0 Å². The van der Waals surface area contributed by atoms with Gasteiger partial charge in [0.2, 0.25) is 5.91 Å². The fourth-order valence-electron chi connectivity index (χ4n) is 4.43. The van der Waals surface area contributed by atoms with E-state index in [4.69, 9.17) is 9.47 Å². The number of rotatable bonds is 12. The minimum absolute atomic E-state index is 0.183. The first-order valence-electron chi connectivity index (χ1n) is 12.9. The summed E-state index contributed by atoms with van der Waals surface area (Å²) >= 11 is 0. The van der Waals surface area contributed by atoms with Crippen molar-refractivity contribution in [2.45, 2.75) is 32.4 Å². The SMILES string of the molecule is CCCNC(=O)[C@H](Cc1ccccc1)N(Cc1cccc(OC)c1)C(=O)COc1cccc2ccccc12. The van der Waals surface area contributed by atoms with Gasteiger partial charge in [0.05, 0.1) is 7.11 Å². The van der Waals surface area contributed by atoms with Gasteiger partial charge < -0.3 is 19.7 Å². The summed E-state index contributed by atoms with van der Waals surface area (Å²) in [6.07, 6.45) is 1.19. The minimum Gasteiger partial charge on any atom is -0.497 e. The molecular weight excluding hydrogens is 476 g/mol. The van der Waals surface area contributed by atoms with E-state index in [0.29, 0.717) is 24.5 Å². The van der Waals surface area contributed by atoms with E-state index in [2.05, 4.69) is 5.32 Å². The van der Waals surface area contributed by atoms with Crippen LogP contribution in [0.1, 0.15) is 24.5 Å². The highest BCUT2D eigenvalue weighted by Crippen LogP contribution is 2.25. The van der Waals surface area contributed by atoms with E-state index in [1.165, 1.54) is 0 Å². The average Bonchev–Trinajstić information content (AvgIpc) is 2.97. The van der Waals surface area contributed by atoms with E-state index in [1.54, 1.807) is 12.0 Å². The number of carbonyl (C=O) groups is 2. The van der Waals surface area contributed by atoms with Gasteiger partial charge in [-0.2, -0.15) is 0 Å². The Balaban J connectivity index is 1.64. The Kier molecular flexibility index (Phi) is 9.35. The highest BCUT2D eigenvalue weighted by atomic mass is 16.5. The van der Waals surface area contributed by atoms with Crippen LogP contribution in [0.3, 0.4) is 0 Å². The van der Waals surface area contributed by atoms with E-state index in [9.17, 15) is 9.59 Å². The van der Waals surface area contributed by atoms with E-state index in [1.807, 2.05) is 104 Å². The molecule has 2 amide bonds. The number of hydrogen-bond acceptors (Lipinski definition) is 4. The summed E-state index contributed by atoms with van der Waals surface area (Å²) in [5.74, 6) is 0.871. The molecule has 0 aliphatic carbocycles. The maximum absolute atomic E-state index is 13.8. The zero-order valence-corrected chi connectivity index (χ0v) is 21.9. The molecule has 0 heterocycles. The maximum Gasteiger partial charge on any atom is 0.261 e. The van der Waals surface area contributed by atoms with Gasteiger partial charge in [0, 0.05) is 24.9 Å². The number of ether oxygens (including phenoxy) is 2. The van der Waals surface area contributed by atoms with E-state index in [-0.39, 0.29) is 25.0 Å². The third kappa shape index (κ3) is 6.91. The van der Waals surface area contributed by atoms with Crippen molar-refractivity contribution >= 4 is 22.6 Å². The largest absolute Gasteiger partial charge is 0.497 e. The van der Waals surface area contributed by atoms with Crippen LogP contribution in [-0.4, -0.2) is 43.0 Å². The summed E-state index contributed by atoms with van der Waals surface area (Å²) in [5.41, 5.74) is 1.84. The molecule has 0 spiro atoms. The Morgan fingerprint density at radius 2 is 1.58 bits per heavy atom. The van der Waals surface area contributed by atoms with Crippen LogP contribution in [0, 0.1) is 0 Å². The molecule has 0 bridgehead atoms. The molecule has 0 saturated heterocycles. The van der Waals surface area contributed by atoms with Crippen LogP contribution in [0.4, 0.5) is 0 Å². The molecule has 0 aliphatic rings. The number of benzene rings is 4. The molecule has 0 aromatic heterocycles. The molecule has 196 valence electrons. The summed E-state index contributed by atoms with van der Waals surface area (Å²) in [6, 6.07) is 30.3. The van der Waals surface area contributed by atoms with Gasteiger partial charge in [0.15, 0.2) is 6.61 Å². The molecule has 0 fully saturated rings. The minimum atomic E-state index is -0.709. The Morgan fingerprint density at radius 3 is 2.37 bits per heavy atom. The highest BCUT2D eigenvalue weighted by Gasteiger charge is 2.30. The van der Waals surface area contributed by atoms with E-state index >= 15 is 0 Å². The standard InChI is InChI=1S/C32H34N2O4/c1-3-19-33-32(36)29(21-24-11-5-4-6-12-24)34(22-25-13-9-16-27(20-25)37-2)31(35)23-38-30-18-10-15-26-14-7-8-17-28(26)30/h4-18,20,29H,3,19,21-23H2,1-2H3,(H,33,36)/t29-/m0/s1. The van der Waals surface area contributed by atoms with Gasteiger partial charge in [-0.15, -0.1) is 0 Å². The van der Waals surface area contributed by atoms with Crippen LogP contribution in [0.25, 0.3) is 10.8 Å². The Hall–Kier alpha value is -4.32. The first kappa shape index (κ1) is 26.7. The lowest BCUT2D eigenvalue weighted by atomic mass is 10.0. The predicted octanol–water partition coefficient (Wildman–Crippen LogP) is 5.39. The lowest BCUT2D eigenvalue weighted by Gasteiger charge is -2.31. The lowest BCUT2D eigenvalue weighted by molar-refractivity contribution is -0.142.